The number of aromatic nitrogens is 1. The summed E-state index contributed by atoms with van der Waals surface area (Å²) in [7, 11) is 3.76. The number of hydrogen-bond donors (Lipinski definition) is 1. The molecule has 1 aromatic carbocycles. The highest BCUT2D eigenvalue weighted by Gasteiger charge is 2.19. The summed E-state index contributed by atoms with van der Waals surface area (Å²) >= 11 is 1.46. The molecule has 1 heterocycles. The topological polar surface area (TPSA) is 73.7 Å². The Kier molecular flexibility index (Phi) is 4.87. The van der Waals surface area contributed by atoms with Crippen molar-refractivity contribution in [3.63, 3.8) is 0 Å². The Morgan fingerprint density at radius 1 is 1.29 bits per heavy atom. The van der Waals surface area contributed by atoms with E-state index in [0.717, 1.165) is 10.2 Å². The summed E-state index contributed by atoms with van der Waals surface area (Å²) in [4.78, 5) is 30.9. The Morgan fingerprint density at radius 3 is 2.71 bits per heavy atom. The van der Waals surface area contributed by atoms with Gasteiger partial charge >= 0.3 is 5.97 Å². The number of carboxylic acids is 1. The van der Waals surface area contributed by atoms with Gasteiger partial charge in [0.2, 0.25) is 0 Å². The van der Waals surface area contributed by atoms with E-state index in [1.807, 2.05) is 19.0 Å². The minimum Gasteiger partial charge on any atom is -0.480 e. The van der Waals surface area contributed by atoms with Gasteiger partial charge in [0.05, 0.1) is 15.7 Å². The van der Waals surface area contributed by atoms with Gasteiger partial charge in [0.1, 0.15) is 6.54 Å². The third-order valence-electron chi connectivity index (χ3n) is 3.01. The second kappa shape index (κ2) is 6.64. The molecule has 21 heavy (non-hydrogen) atoms. The molecule has 2 rings (SSSR count). The maximum Gasteiger partial charge on any atom is 0.323 e. The molecule has 0 fully saturated rings. The standard InChI is InChI=1S/C14H17N3O3S/c1-16(2)5-6-17(8-13(18)19)14(20)10-3-4-11-12(7-10)21-9-15-11/h3-4,7,9H,5-6,8H2,1-2H3,(H,18,19). The van der Waals surface area contributed by atoms with Gasteiger partial charge in [-0.15, -0.1) is 11.3 Å². The lowest BCUT2D eigenvalue weighted by Gasteiger charge is -2.22. The van der Waals surface area contributed by atoms with E-state index in [1.54, 1.807) is 23.7 Å². The molecule has 0 radical (unpaired) electrons. The number of amides is 1. The normalized spacial score (nSPS) is 11.0. The van der Waals surface area contributed by atoms with E-state index in [9.17, 15) is 9.59 Å². The number of carbonyl (C=O) groups excluding carboxylic acids is 1. The summed E-state index contributed by atoms with van der Waals surface area (Å²) in [6, 6.07) is 5.23. The monoisotopic (exact) mass is 307 g/mol. The van der Waals surface area contributed by atoms with Crippen molar-refractivity contribution in [1.82, 2.24) is 14.8 Å². The van der Waals surface area contributed by atoms with Crippen LogP contribution in [-0.4, -0.2) is 65.5 Å². The molecule has 0 saturated carbocycles. The van der Waals surface area contributed by atoms with E-state index in [1.165, 1.54) is 16.2 Å². The van der Waals surface area contributed by atoms with Crippen LogP contribution in [0.4, 0.5) is 0 Å². The molecule has 6 nitrogen and oxygen atoms in total. The van der Waals surface area contributed by atoms with Gasteiger partial charge in [-0.25, -0.2) is 4.98 Å². The molecular formula is C14H17N3O3S. The van der Waals surface area contributed by atoms with Crippen molar-refractivity contribution in [2.24, 2.45) is 0 Å². The van der Waals surface area contributed by atoms with Crippen LogP contribution in [0.3, 0.4) is 0 Å². The molecule has 0 saturated heterocycles. The van der Waals surface area contributed by atoms with E-state index in [4.69, 9.17) is 5.11 Å². The number of rotatable bonds is 6. The molecule has 0 atom stereocenters. The van der Waals surface area contributed by atoms with E-state index in [-0.39, 0.29) is 12.5 Å². The van der Waals surface area contributed by atoms with Gasteiger partial charge in [-0.2, -0.15) is 0 Å². The lowest BCUT2D eigenvalue weighted by molar-refractivity contribution is -0.137. The van der Waals surface area contributed by atoms with Crippen molar-refractivity contribution in [2.75, 3.05) is 33.7 Å². The molecule has 0 aliphatic rings. The lowest BCUT2D eigenvalue weighted by Crippen LogP contribution is -2.40. The minimum atomic E-state index is -1.01. The van der Waals surface area contributed by atoms with E-state index < -0.39 is 5.97 Å². The minimum absolute atomic E-state index is 0.269. The van der Waals surface area contributed by atoms with Crippen molar-refractivity contribution in [1.29, 1.82) is 0 Å². The first kappa shape index (κ1) is 15.4. The molecule has 2 aromatic rings. The van der Waals surface area contributed by atoms with E-state index >= 15 is 0 Å². The van der Waals surface area contributed by atoms with Crippen molar-refractivity contribution >= 4 is 33.4 Å². The SMILES string of the molecule is CN(C)CCN(CC(=O)O)C(=O)c1ccc2ncsc2c1. The van der Waals surface area contributed by atoms with Crippen molar-refractivity contribution < 1.29 is 14.7 Å². The maximum absolute atomic E-state index is 12.5. The Bertz CT molecular complexity index is 654. The van der Waals surface area contributed by atoms with Crippen molar-refractivity contribution in [3.05, 3.63) is 29.3 Å². The fourth-order valence-electron chi connectivity index (χ4n) is 1.91. The summed E-state index contributed by atoms with van der Waals surface area (Å²) in [6.07, 6.45) is 0. The van der Waals surface area contributed by atoms with Gasteiger partial charge in [-0.05, 0) is 32.3 Å². The number of fused-ring (bicyclic) bond motifs is 1. The second-order valence-corrected chi connectivity index (χ2v) is 5.84. The molecule has 0 aliphatic carbocycles. The molecule has 1 N–H and O–H groups in total. The number of benzene rings is 1. The highest BCUT2D eigenvalue weighted by atomic mass is 32.1. The zero-order valence-corrected chi connectivity index (χ0v) is 12.8. The zero-order chi connectivity index (χ0) is 15.4. The fraction of sp³-hybridized carbons (Fsp3) is 0.357. The van der Waals surface area contributed by atoms with Gasteiger partial charge in [-0.1, -0.05) is 0 Å². The Hall–Kier alpha value is -1.99. The molecule has 1 amide bonds. The number of carboxylic acid groups (broad SMARTS) is 1. The smallest absolute Gasteiger partial charge is 0.323 e. The largest absolute Gasteiger partial charge is 0.480 e. The summed E-state index contributed by atoms with van der Waals surface area (Å²) in [5.41, 5.74) is 3.06. The van der Waals surface area contributed by atoms with Crippen molar-refractivity contribution in [2.45, 2.75) is 0 Å². The second-order valence-electron chi connectivity index (χ2n) is 4.96. The van der Waals surface area contributed by atoms with Crippen LogP contribution in [-0.2, 0) is 4.79 Å². The number of carbonyl (C=O) groups is 2. The molecular weight excluding hydrogens is 290 g/mol. The molecule has 112 valence electrons. The molecule has 0 aliphatic heterocycles. The first-order valence-electron chi connectivity index (χ1n) is 6.46. The van der Waals surface area contributed by atoms with Crippen molar-refractivity contribution in [3.8, 4) is 0 Å². The Balaban J connectivity index is 2.20. The molecule has 1 aromatic heterocycles. The maximum atomic E-state index is 12.5. The summed E-state index contributed by atoms with van der Waals surface area (Å²) in [5.74, 6) is -1.28. The van der Waals surface area contributed by atoms with Crippen LogP contribution in [0.5, 0.6) is 0 Å². The Morgan fingerprint density at radius 2 is 2.05 bits per heavy atom. The van der Waals surface area contributed by atoms with Gasteiger partial charge in [0, 0.05) is 18.7 Å². The number of likely N-dealkylation sites (N-methyl/N-ethyl adjacent to an activating group) is 1. The van der Waals surface area contributed by atoms with Gasteiger partial charge < -0.3 is 14.9 Å². The summed E-state index contributed by atoms with van der Waals surface area (Å²) in [5, 5.41) is 8.97. The summed E-state index contributed by atoms with van der Waals surface area (Å²) in [6.45, 7) is 0.689. The number of hydrogen-bond acceptors (Lipinski definition) is 5. The zero-order valence-electron chi connectivity index (χ0n) is 11.9. The molecule has 0 spiro atoms. The number of thiazole rings is 1. The quantitative estimate of drug-likeness (QED) is 0.873. The van der Waals surface area contributed by atoms with Crippen LogP contribution in [0.1, 0.15) is 10.4 Å². The third kappa shape index (κ3) is 3.99. The molecule has 0 bridgehead atoms. The van der Waals surface area contributed by atoms with Crippen LogP contribution in [0, 0.1) is 0 Å². The first-order chi connectivity index (χ1) is 9.97. The summed E-state index contributed by atoms with van der Waals surface area (Å²) < 4.78 is 0.920. The predicted molar refractivity (Wildman–Crippen MR) is 81.7 cm³/mol. The van der Waals surface area contributed by atoms with Crippen LogP contribution in [0.15, 0.2) is 23.7 Å². The average molecular weight is 307 g/mol. The highest BCUT2D eigenvalue weighted by Crippen LogP contribution is 2.20. The molecule has 0 unspecified atom stereocenters. The fourth-order valence-corrected chi connectivity index (χ4v) is 2.62. The van der Waals surface area contributed by atoms with Gasteiger partial charge in [0.25, 0.3) is 5.91 Å². The highest BCUT2D eigenvalue weighted by molar-refractivity contribution is 7.16. The number of nitrogens with zero attached hydrogens (tertiary/aromatic N) is 3. The first-order valence-corrected chi connectivity index (χ1v) is 7.34. The van der Waals surface area contributed by atoms with Gasteiger partial charge in [0.15, 0.2) is 0 Å². The number of aliphatic carboxylic acids is 1. The van der Waals surface area contributed by atoms with Gasteiger partial charge in [-0.3, -0.25) is 9.59 Å². The predicted octanol–water partition coefficient (Wildman–Crippen LogP) is 1.38. The average Bonchev–Trinajstić information content (AvgIpc) is 2.89. The van der Waals surface area contributed by atoms with E-state index in [0.29, 0.717) is 18.7 Å². The third-order valence-corrected chi connectivity index (χ3v) is 3.80. The van der Waals surface area contributed by atoms with Crippen LogP contribution in [0.25, 0.3) is 10.2 Å². The molecule has 7 heteroatoms. The lowest BCUT2D eigenvalue weighted by atomic mass is 10.2. The van der Waals surface area contributed by atoms with Crippen LogP contribution >= 0.6 is 11.3 Å². The Labute approximate surface area is 126 Å². The van der Waals surface area contributed by atoms with Crippen LogP contribution in [0.2, 0.25) is 0 Å². The van der Waals surface area contributed by atoms with E-state index in [2.05, 4.69) is 4.98 Å². The van der Waals surface area contributed by atoms with Crippen LogP contribution < -0.4 is 0 Å².